The van der Waals surface area contributed by atoms with E-state index in [9.17, 15) is 14.7 Å². The molecule has 0 spiro atoms. The molecule has 0 saturated carbocycles. The predicted molar refractivity (Wildman–Crippen MR) is 62.0 cm³/mol. The highest BCUT2D eigenvalue weighted by Gasteiger charge is 2.43. The standard InChI is InChI=1S/C9H15ClO5S/c1-5(7(12)13)9(2,8(14)15)16-4-6(11)3-10/h5-6,11H,3-4H2,1-2H3,(H,12,13)(H,14,15). The summed E-state index contributed by atoms with van der Waals surface area (Å²) < 4.78 is -1.47. The summed E-state index contributed by atoms with van der Waals surface area (Å²) in [5.41, 5.74) is 0. The van der Waals surface area contributed by atoms with E-state index in [4.69, 9.17) is 21.8 Å². The number of rotatable bonds is 7. The number of aliphatic hydroxyl groups is 1. The summed E-state index contributed by atoms with van der Waals surface area (Å²) in [6.07, 6.45) is -0.841. The summed E-state index contributed by atoms with van der Waals surface area (Å²) >= 11 is 6.26. The number of carboxylic acid groups (broad SMARTS) is 2. The highest BCUT2D eigenvalue weighted by Crippen LogP contribution is 2.34. The Bertz CT molecular complexity index is 273. The first-order valence-corrected chi connectivity index (χ1v) is 6.12. The van der Waals surface area contributed by atoms with Crippen LogP contribution in [0.15, 0.2) is 0 Å². The second-order valence-electron chi connectivity index (χ2n) is 3.59. The van der Waals surface area contributed by atoms with Crippen LogP contribution < -0.4 is 0 Å². The third-order valence-corrected chi connectivity index (χ3v) is 4.41. The Morgan fingerprint density at radius 3 is 2.25 bits per heavy atom. The van der Waals surface area contributed by atoms with Crippen LogP contribution in [0.4, 0.5) is 0 Å². The highest BCUT2D eigenvalue weighted by atomic mass is 35.5. The maximum atomic E-state index is 11.1. The maximum Gasteiger partial charge on any atom is 0.320 e. The van der Waals surface area contributed by atoms with E-state index in [0.29, 0.717) is 0 Å². The molecule has 0 aromatic carbocycles. The average molecular weight is 271 g/mol. The number of carbonyl (C=O) groups is 2. The van der Waals surface area contributed by atoms with Crippen LogP contribution in [0.1, 0.15) is 13.8 Å². The molecule has 16 heavy (non-hydrogen) atoms. The number of hydrogen-bond acceptors (Lipinski definition) is 4. The van der Waals surface area contributed by atoms with Gasteiger partial charge in [0.2, 0.25) is 0 Å². The van der Waals surface area contributed by atoms with Crippen molar-refractivity contribution < 1.29 is 24.9 Å². The molecule has 0 amide bonds. The summed E-state index contributed by atoms with van der Waals surface area (Å²) in [5.74, 6) is -3.38. The topological polar surface area (TPSA) is 94.8 Å². The SMILES string of the molecule is CC(C(=O)O)C(C)(SCC(O)CCl)C(=O)O. The zero-order chi connectivity index (χ0) is 12.9. The summed E-state index contributed by atoms with van der Waals surface area (Å²) in [4.78, 5) is 21.9. The van der Waals surface area contributed by atoms with Crippen molar-refractivity contribution in [1.82, 2.24) is 0 Å². The van der Waals surface area contributed by atoms with Gasteiger partial charge in [0.15, 0.2) is 0 Å². The van der Waals surface area contributed by atoms with E-state index in [1.807, 2.05) is 0 Å². The van der Waals surface area contributed by atoms with Gasteiger partial charge in [0.25, 0.3) is 0 Å². The van der Waals surface area contributed by atoms with Crippen LogP contribution in [0.3, 0.4) is 0 Å². The number of carboxylic acids is 2. The van der Waals surface area contributed by atoms with Crippen LogP contribution in [-0.2, 0) is 9.59 Å². The number of hydrogen-bond donors (Lipinski definition) is 3. The molecule has 0 aliphatic carbocycles. The Morgan fingerprint density at radius 1 is 1.44 bits per heavy atom. The van der Waals surface area contributed by atoms with Crippen LogP contribution in [0.2, 0.25) is 0 Å². The zero-order valence-electron chi connectivity index (χ0n) is 9.01. The van der Waals surface area contributed by atoms with Gasteiger partial charge in [-0.2, -0.15) is 0 Å². The molecule has 0 saturated heterocycles. The van der Waals surface area contributed by atoms with Crippen molar-refractivity contribution in [3.63, 3.8) is 0 Å². The Balaban J connectivity index is 4.71. The molecule has 0 radical (unpaired) electrons. The van der Waals surface area contributed by atoms with E-state index in [0.717, 1.165) is 11.8 Å². The Morgan fingerprint density at radius 2 is 1.94 bits per heavy atom. The normalized spacial score (nSPS) is 18.5. The van der Waals surface area contributed by atoms with Gasteiger partial charge in [0.1, 0.15) is 4.75 Å². The molecule has 3 N–H and O–H groups in total. The molecule has 3 atom stereocenters. The van der Waals surface area contributed by atoms with Crippen molar-refractivity contribution in [2.75, 3.05) is 11.6 Å². The van der Waals surface area contributed by atoms with Gasteiger partial charge in [-0.3, -0.25) is 9.59 Å². The van der Waals surface area contributed by atoms with E-state index in [2.05, 4.69) is 0 Å². The van der Waals surface area contributed by atoms with Crippen LogP contribution in [0.25, 0.3) is 0 Å². The molecule has 94 valence electrons. The predicted octanol–water partition coefficient (Wildman–Crippen LogP) is 0.883. The number of alkyl halides is 1. The smallest absolute Gasteiger partial charge is 0.320 e. The van der Waals surface area contributed by atoms with Gasteiger partial charge >= 0.3 is 11.9 Å². The van der Waals surface area contributed by atoms with Gasteiger partial charge in [-0.1, -0.05) is 0 Å². The molecule has 0 fully saturated rings. The van der Waals surface area contributed by atoms with Gasteiger partial charge in [-0.05, 0) is 13.8 Å². The number of thioether (sulfide) groups is 1. The monoisotopic (exact) mass is 270 g/mol. The Labute approximate surface area is 103 Å². The molecule has 0 rings (SSSR count). The van der Waals surface area contributed by atoms with Gasteiger partial charge in [-0.15, -0.1) is 23.4 Å². The van der Waals surface area contributed by atoms with Gasteiger partial charge in [0, 0.05) is 11.6 Å². The first-order chi connectivity index (χ1) is 7.25. The van der Waals surface area contributed by atoms with Crippen molar-refractivity contribution in [1.29, 1.82) is 0 Å². The number of aliphatic carboxylic acids is 2. The minimum atomic E-state index is -1.47. The third-order valence-electron chi connectivity index (χ3n) is 2.38. The first-order valence-electron chi connectivity index (χ1n) is 4.59. The van der Waals surface area contributed by atoms with Crippen molar-refractivity contribution >= 4 is 35.3 Å². The highest BCUT2D eigenvalue weighted by molar-refractivity contribution is 8.01. The van der Waals surface area contributed by atoms with Crippen molar-refractivity contribution in [3.8, 4) is 0 Å². The average Bonchev–Trinajstić information content (AvgIpc) is 2.23. The molecule has 5 nitrogen and oxygen atoms in total. The van der Waals surface area contributed by atoms with Crippen molar-refractivity contribution in [2.24, 2.45) is 5.92 Å². The quantitative estimate of drug-likeness (QED) is 0.595. The lowest BCUT2D eigenvalue weighted by Crippen LogP contribution is -2.43. The lowest BCUT2D eigenvalue weighted by atomic mass is 9.95. The molecule has 3 unspecified atom stereocenters. The molecule has 0 heterocycles. The Kier molecular flexibility index (Phi) is 6.14. The fraction of sp³-hybridized carbons (Fsp3) is 0.778. The molecule has 7 heteroatoms. The summed E-state index contributed by atoms with van der Waals surface area (Å²) in [6.45, 7) is 2.66. The molecule has 0 aromatic rings. The Hall–Kier alpha value is -0.460. The fourth-order valence-corrected chi connectivity index (χ4v) is 2.29. The molecule has 0 aliphatic rings. The molecule has 0 aliphatic heterocycles. The maximum absolute atomic E-state index is 11.1. The second-order valence-corrected chi connectivity index (χ2v) is 5.37. The van der Waals surface area contributed by atoms with E-state index < -0.39 is 28.7 Å². The minimum absolute atomic E-state index is 0.00977. The molecule has 0 bridgehead atoms. The minimum Gasteiger partial charge on any atom is -0.481 e. The largest absolute Gasteiger partial charge is 0.481 e. The summed E-state index contributed by atoms with van der Waals surface area (Å²) in [7, 11) is 0. The molecular formula is C9H15ClO5S. The number of halogens is 1. The molecular weight excluding hydrogens is 256 g/mol. The second kappa shape index (κ2) is 6.32. The third kappa shape index (κ3) is 3.84. The molecule has 0 aromatic heterocycles. The fourth-order valence-electron chi connectivity index (χ4n) is 0.921. The van der Waals surface area contributed by atoms with Gasteiger partial charge < -0.3 is 15.3 Å². The van der Waals surface area contributed by atoms with Crippen LogP contribution in [0, 0.1) is 5.92 Å². The van der Waals surface area contributed by atoms with Crippen molar-refractivity contribution in [3.05, 3.63) is 0 Å². The lowest BCUT2D eigenvalue weighted by molar-refractivity contribution is -0.150. The summed E-state index contributed by atoms with van der Waals surface area (Å²) in [5, 5.41) is 27.1. The van der Waals surface area contributed by atoms with E-state index in [1.54, 1.807) is 0 Å². The van der Waals surface area contributed by atoms with Crippen LogP contribution in [0.5, 0.6) is 0 Å². The van der Waals surface area contributed by atoms with Crippen LogP contribution in [-0.4, -0.2) is 49.7 Å². The number of aliphatic hydroxyl groups excluding tert-OH is 1. The van der Waals surface area contributed by atoms with E-state index in [1.165, 1.54) is 13.8 Å². The van der Waals surface area contributed by atoms with Gasteiger partial charge in [0.05, 0.1) is 12.0 Å². The lowest BCUT2D eigenvalue weighted by Gasteiger charge is -2.28. The van der Waals surface area contributed by atoms with Gasteiger partial charge in [-0.25, -0.2) is 0 Å². The van der Waals surface area contributed by atoms with E-state index in [-0.39, 0.29) is 11.6 Å². The summed E-state index contributed by atoms with van der Waals surface area (Å²) in [6, 6.07) is 0. The zero-order valence-corrected chi connectivity index (χ0v) is 10.6. The van der Waals surface area contributed by atoms with Crippen molar-refractivity contribution in [2.45, 2.75) is 24.7 Å². The van der Waals surface area contributed by atoms with Crippen LogP contribution >= 0.6 is 23.4 Å². The van der Waals surface area contributed by atoms with E-state index >= 15 is 0 Å². The first kappa shape index (κ1) is 15.5.